The van der Waals surface area contributed by atoms with Crippen LogP contribution >= 0.6 is 11.3 Å². The second kappa shape index (κ2) is 5.84. The fourth-order valence-corrected chi connectivity index (χ4v) is 2.56. The van der Waals surface area contributed by atoms with Crippen LogP contribution in [0.3, 0.4) is 0 Å². The van der Waals surface area contributed by atoms with Crippen LogP contribution in [0.4, 0.5) is 0 Å². The number of thiazole rings is 1. The van der Waals surface area contributed by atoms with E-state index in [0.717, 1.165) is 22.6 Å². The van der Waals surface area contributed by atoms with Crippen LogP contribution in [-0.2, 0) is 11.2 Å². The van der Waals surface area contributed by atoms with Crippen molar-refractivity contribution < 1.29 is 14.6 Å². The lowest BCUT2D eigenvalue weighted by molar-refractivity contribution is -0.136. The quantitative estimate of drug-likeness (QED) is 0.912. The summed E-state index contributed by atoms with van der Waals surface area (Å²) in [5.41, 5.74) is 2.80. The molecule has 1 aromatic carbocycles. The molecule has 1 heterocycles. The van der Waals surface area contributed by atoms with Crippen LogP contribution < -0.4 is 4.74 Å². The van der Waals surface area contributed by atoms with E-state index in [0.29, 0.717) is 11.6 Å². The summed E-state index contributed by atoms with van der Waals surface area (Å²) >= 11 is 1.36. The fraction of sp³-hybridized carbons (Fsp3) is 0.286. The van der Waals surface area contributed by atoms with Crippen molar-refractivity contribution >= 4 is 17.3 Å². The Bertz CT molecular complexity index is 592. The molecule has 0 aliphatic heterocycles. The molecule has 5 heteroatoms. The highest BCUT2D eigenvalue weighted by molar-refractivity contribution is 7.10. The first kappa shape index (κ1) is 13.5. The van der Waals surface area contributed by atoms with E-state index in [1.54, 1.807) is 0 Å². The van der Waals surface area contributed by atoms with Gasteiger partial charge in [-0.2, -0.15) is 0 Å². The third-order valence-electron chi connectivity index (χ3n) is 2.57. The average molecular weight is 277 g/mol. The van der Waals surface area contributed by atoms with E-state index in [4.69, 9.17) is 9.84 Å². The lowest BCUT2D eigenvalue weighted by atomic mass is 10.1. The topological polar surface area (TPSA) is 59.4 Å². The molecule has 1 N–H and O–H groups in total. The van der Waals surface area contributed by atoms with Crippen LogP contribution in [0.15, 0.2) is 23.6 Å². The van der Waals surface area contributed by atoms with Gasteiger partial charge in [0.25, 0.3) is 0 Å². The van der Waals surface area contributed by atoms with E-state index in [1.807, 2.05) is 37.4 Å². The number of aliphatic carboxylic acids is 1. The minimum atomic E-state index is -0.866. The molecule has 4 nitrogen and oxygen atoms in total. The first-order chi connectivity index (χ1) is 9.10. The second-order valence-corrected chi connectivity index (χ2v) is 5.07. The van der Waals surface area contributed by atoms with Crippen molar-refractivity contribution in [1.29, 1.82) is 0 Å². The van der Waals surface area contributed by atoms with Crippen LogP contribution in [0, 0.1) is 6.92 Å². The smallest absolute Gasteiger partial charge is 0.310 e. The molecule has 2 rings (SSSR count). The molecule has 0 amide bonds. The maximum absolute atomic E-state index is 10.7. The Labute approximate surface area is 115 Å². The van der Waals surface area contributed by atoms with Crippen LogP contribution in [-0.4, -0.2) is 22.7 Å². The number of hydrogen-bond donors (Lipinski definition) is 1. The van der Waals surface area contributed by atoms with Crippen LogP contribution in [0.25, 0.3) is 11.3 Å². The van der Waals surface area contributed by atoms with Gasteiger partial charge in [-0.25, -0.2) is 4.98 Å². The predicted octanol–water partition coefficient (Wildman–Crippen LogP) is 3.14. The van der Waals surface area contributed by atoms with Gasteiger partial charge < -0.3 is 9.84 Å². The summed E-state index contributed by atoms with van der Waals surface area (Å²) in [5.74, 6) is -0.0875. The average Bonchev–Trinajstić information content (AvgIpc) is 2.79. The number of carboxylic acids is 1. The SMILES string of the molecule is CCOc1ccc(C)cc1-c1csc(CC(=O)O)n1. The Morgan fingerprint density at radius 2 is 2.26 bits per heavy atom. The van der Waals surface area contributed by atoms with E-state index in [1.165, 1.54) is 11.3 Å². The number of hydrogen-bond acceptors (Lipinski definition) is 4. The van der Waals surface area contributed by atoms with Crippen LogP contribution in [0.1, 0.15) is 17.5 Å². The summed E-state index contributed by atoms with van der Waals surface area (Å²) in [6.07, 6.45) is -0.0412. The highest BCUT2D eigenvalue weighted by Crippen LogP contribution is 2.32. The van der Waals surface area contributed by atoms with Crippen molar-refractivity contribution in [3.8, 4) is 17.0 Å². The summed E-state index contributed by atoms with van der Waals surface area (Å²) < 4.78 is 5.59. The molecule has 0 aliphatic rings. The van der Waals surface area contributed by atoms with Gasteiger partial charge in [0.2, 0.25) is 0 Å². The predicted molar refractivity (Wildman–Crippen MR) is 74.8 cm³/mol. The maximum Gasteiger partial charge on any atom is 0.310 e. The Hall–Kier alpha value is -1.88. The number of nitrogens with zero attached hydrogens (tertiary/aromatic N) is 1. The van der Waals surface area contributed by atoms with Gasteiger partial charge >= 0.3 is 5.97 Å². The Morgan fingerprint density at radius 3 is 2.95 bits per heavy atom. The minimum absolute atomic E-state index is 0.0412. The van der Waals surface area contributed by atoms with E-state index in [2.05, 4.69) is 4.98 Å². The van der Waals surface area contributed by atoms with E-state index >= 15 is 0 Å². The molecule has 100 valence electrons. The lowest BCUT2D eigenvalue weighted by Gasteiger charge is -2.09. The first-order valence-electron chi connectivity index (χ1n) is 6.00. The van der Waals surface area contributed by atoms with Gasteiger partial charge in [0.15, 0.2) is 0 Å². The summed E-state index contributed by atoms with van der Waals surface area (Å²) in [4.78, 5) is 15.0. The number of ether oxygens (including phenoxy) is 1. The molecule has 0 saturated carbocycles. The molecule has 0 spiro atoms. The molecule has 0 saturated heterocycles. The van der Waals surface area contributed by atoms with E-state index in [9.17, 15) is 4.79 Å². The monoisotopic (exact) mass is 277 g/mol. The van der Waals surface area contributed by atoms with Crippen molar-refractivity contribution in [3.63, 3.8) is 0 Å². The molecular formula is C14H15NO3S. The lowest BCUT2D eigenvalue weighted by Crippen LogP contribution is -1.99. The Kier molecular flexibility index (Phi) is 4.16. The van der Waals surface area contributed by atoms with Gasteiger partial charge in [-0.15, -0.1) is 11.3 Å². The van der Waals surface area contributed by atoms with Crippen molar-refractivity contribution in [2.45, 2.75) is 20.3 Å². The normalized spacial score (nSPS) is 10.4. The summed E-state index contributed by atoms with van der Waals surface area (Å²) in [6.45, 7) is 4.52. The van der Waals surface area contributed by atoms with Crippen molar-refractivity contribution in [2.24, 2.45) is 0 Å². The molecule has 0 bridgehead atoms. The summed E-state index contributed by atoms with van der Waals surface area (Å²) in [7, 11) is 0. The van der Waals surface area contributed by atoms with Crippen molar-refractivity contribution in [2.75, 3.05) is 6.61 Å². The van der Waals surface area contributed by atoms with Gasteiger partial charge in [-0.3, -0.25) is 4.79 Å². The molecule has 19 heavy (non-hydrogen) atoms. The van der Waals surface area contributed by atoms with E-state index < -0.39 is 5.97 Å². The first-order valence-corrected chi connectivity index (χ1v) is 6.88. The molecule has 1 aromatic heterocycles. The van der Waals surface area contributed by atoms with Gasteiger partial charge in [-0.1, -0.05) is 11.6 Å². The van der Waals surface area contributed by atoms with Gasteiger partial charge in [0.1, 0.15) is 10.8 Å². The van der Waals surface area contributed by atoms with Crippen LogP contribution in [0.5, 0.6) is 5.75 Å². The van der Waals surface area contributed by atoms with Crippen molar-refractivity contribution in [1.82, 2.24) is 4.98 Å². The standard InChI is InChI=1S/C14H15NO3S/c1-3-18-12-5-4-9(2)6-10(12)11-8-19-13(15-11)7-14(16)17/h4-6,8H,3,7H2,1-2H3,(H,16,17). The molecule has 0 aliphatic carbocycles. The van der Waals surface area contributed by atoms with Gasteiger partial charge in [0.05, 0.1) is 18.7 Å². The second-order valence-electron chi connectivity index (χ2n) is 4.13. The Balaban J connectivity index is 2.37. The minimum Gasteiger partial charge on any atom is -0.493 e. The molecule has 2 aromatic rings. The van der Waals surface area contributed by atoms with Gasteiger partial charge in [-0.05, 0) is 26.0 Å². The largest absolute Gasteiger partial charge is 0.493 e. The highest BCUT2D eigenvalue weighted by Gasteiger charge is 2.12. The van der Waals surface area contributed by atoms with E-state index in [-0.39, 0.29) is 6.42 Å². The highest BCUT2D eigenvalue weighted by atomic mass is 32.1. The molecule has 0 radical (unpaired) electrons. The zero-order chi connectivity index (χ0) is 13.8. The third kappa shape index (κ3) is 3.32. The molecular weight excluding hydrogens is 262 g/mol. The number of benzene rings is 1. The molecule has 0 unspecified atom stereocenters. The zero-order valence-corrected chi connectivity index (χ0v) is 11.7. The van der Waals surface area contributed by atoms with Crippen molar-refractivity contribution in [3.05, 3.63) is 34.2 Å². The molecule has 0 atom stereocenters. The Morgan fingerprint density at radius 1 is 1.47 bits per heavy atom. The van der Waals surface area contributed by atoms with Crippen LogP contribution in [0.2, 0.25) is 0 Å². The number of aryl methyl sites for hydroxylation is 1. The number of carboxylic acid groups (broad SMARTS) is 1. The number of carbonyl (C=O) groups is 1. The van der Waals surface area contributed by atoms with Gasteiger partial charge in [0, 0.05) is 10.9 Å². The third-order valence-corrected chi connectivity index (χ3v) is 3.41. The number of rotatable bonds is 5. The zero-order valence-electron chi connectivity index (χ0n) is 10.8. The molecule has 0 fully saturated rings. The fourth-order valence-electron chi connectivity index (χ4n) is 1.77. The summed E-state index contributed by atoms with van der Waals surface area (Å²) in [5, 5.41) is 11.2. The number of aromatic nitrogens is 1. The maximum atomic E-state index is 10.7. The summed E-state index contributed by atoms with van der Waals surface area (Å²) in [6, 6.07) is 5.91.